The van der Waals surface area contributed by atoms with E-state index in [0.29, 0.717) is 24.6 Å². The lowest BCUT2D eigenvalue weighted by Crippen LogP contribution is -1.99. The maximum Gasteiger partial charge on any atom is 0.307 e. The van der Waals surface area contributed by atoms with E-state index in [-0.39, 0.29) is 11.8 Å². The summed E-state index contributed by atoms with van der Waals surface area (Å²) in [6.45, 7) is 2.03. The Morgan fingerprint density at radius 3 is 3.05 bits per heavy atom. The van der Waals surface area contributed by atoms with Crippen LogP contribution in [0.3, 0.4) is 0 Å². The number of carbonyl (C=O) groups is 1. The minimum Gasteiger partial charge on any atom is -0.481 e. The first-order chi connectivity index (χ1) is 9.13. The Balaban J connectivity index is 1.71. The number of hydrogen-bond acceptors (Lipinski definition) is 4. The van der Waals surface area contributed by atoms with Gasteiger partial charge < -0.3 is 9.63 Å². The summed E-state index contributed by atoms with van der Waals surface area (Å²) in [7, 11) is 0. The number of benzene rings is 1. The van der Waals surface area contributed by atoms with Gasteiger partial charge in [-0.3, -0.25) is 4.79 Å². The summed E-state index contributed by atoms with van der Waals surface area (Å²) in [5, 5.41) is 12.8. The predicted molar refractivity (Wildman–Crippen MR) is 66.8 cm³/mol. The van der Waals surface area contributed by atoms with Crippen molar-refractivity contribution >= 4 is 5.97 Å². The Morgan fingerprint density at radius 2 is 2.37 bits per heavy atom. The Bertz CT molecular complexity index is 621. The van der Waals surface area contributed by atoms with Crippen molar-refractivity contribution in [3.8, 4) is 0 Å². The van der Waals surface area contributed by atoms with Crippen molar-refractivity contribution in [2.45, 2.75) is 25.7 Å². The second-order valence-corrected chi connectivity index (χ2v) is 5.00. The maximum atomic E-state index is 10.8. The van der Waals surface area contributed by atoms with Gasteiger partial charge in [-0.1, -0.05) is 35.0 Å². The van der Waals surface area contributed by atoms with E-state index in [1.165, 1.54) is 5.56 Å². The molecule has 0 spiro atoms. The molecule has 1 aromatic heterocycles. The molecule has 0 amide bonds. The number of nitrogens with zero attached hydrogens (tertiary/aromatic N) is 2. The molecule has 2 atom stereocenters. The van der Waals surface area contributed by atoms with Crippen LogP contribution in [0.5, 0.6) is 0 Å². The monoisotopic (exact) mass is 258 g/mol. The van der Waals surface area contributed by atoms with Gasteiger partial charge in [0.05, 0.1) is 11.8 Å². The number of aliphatic carboxylic acids is 1. The average molecular weight is 258 g/mol. The topological polar surface area (TPSA) is 76.2 Å². The summed E-state index contributed by atoms with van der Waals surface area (Å²) in [5.74, 6) is -0.182. The predicted octanol–water partition coefficient (Wildman–Crippen LogP) is 2.16. The Hall–Kier alpha value is -2.17. The highest BCUT2D eigenvalue weighted by molar-refractivity contribution is 5.74. The molecule has 19 heavy (non-hydrogen) atoms. The van der Waals surface area contributed by atoms with Gasteiger partial charge in [-0.05, 0) is 18.9 Å². The van der Waals surface area contributed by atoms with Gasteiger partial charge in [0.25, 0.3) is 0 Å². The summed E-state index contributed by atoms with van der Waals surface area (Å²) >= 11 is 0. The van der Waals surface area contributed by atoms with Gasteiger partial charge in [0.1, 0.15) is 0 Å². The SMILES string of the molecule is Cc1cccc(Cc2noc(C3CC3C(=O)O)n2)c1. The van der Waals surface area contributed by atoms with Crippen LogP contribution in [0.4, 0.5) is 0 Å². The van der Waals surface area contributed by atoms with Crippen molar-refractivity contribution in [3.63, 3.8) is 0 Å². The number of aromatic nitrogens is 2. The highest BCUT2D eigenvalue weighted by atomic mass is 16.5. The lowest BCUT2D eigenvalue weighted by molar-refractivity contribution is -0.138. The van der Waals surface area contributed by atoms with E-state index in [0.717, 1.165) is 5.56 Å². The molecule has 0 aliphatic heterocycles. The van der Waals surface area contributed by atoms with E-state index < -0.39 is 5.97 Å². The van der Waals surface area contributed by atoms with Crippen LogP contribution in [0.1, 0.15) is 35.2 Å². The molecule has 0 bridgehead atoms. The van der Waals surface area contributed by atoms with Crippen molar-refractivity contribution in [3.05, 3.63) is 47.1 Å². The molecule has 2 aromatic rings. The number of hydrogen-bond donors (Lipinski definition) is 1. The summed E-state index contributed by atoms with van der Waals surface area (Å²) in [6.07, 6.45) is 1.21. The second-order valence-electron chi connectivity index (χ2n) is 5.00. The van der Waals surface area contributed by atoms with Gasteiger partial charge in [0.15, 0.2) is 5.82 Å². The molecule has 98 valence electrons. The van der Waals surface area contributed by atoms with E-state index >= 15 is 0 Å². The quantitative estimate of drug-likeness (QED) is 0.909. The standard InChI is InChI=1S/C14H14N2O3/c1-8-3-2-4-9(5-8)6-12-15-13(19-16-12)10-7-11(10)14(17)18/h2-5,10-11H,6-7H2,1H3,(H,17,18). The Labute approximate surface area is 110 Å². The number of carboxylic acids is 1. The van der Waals surface area contributed by atoms with Crippen LogP contribution in [0.25, 0.3) is 0 Å². The molecule has 5 heteroatoms. The van der Waals surface area contributed by atoms with Crippen molar-refractivity contribution in [1.29, 1.82) is 0 Å². The lowest BCUT2D eigenvalue weighted by Gasteiger charge is -1.97. The molecule has 3 rings (SSSR count). The van der Waals surface area contributed by atoms with Crippen molar-refractivity contribution in [2.75, 3.05) is 0 Å². The summed E-state index contributed by atoms with van der Waals surface area (Å²) in [4.78, 5) is 15.1. The molecule has 1 aliphatic rings. The molecule has 1 saturated carbocycles. The molecule has 5 nitrogen and oxygen atoms in total. The van der Waals surface area contributed by atoms with Gasteiger partial charge in [-0.15, -0.1) is 0 Å². The van der Waals surface area contributed by atoms with Crippen LogP contribution in [0.2, 0.25) is 0 Å². The maximum absolute atomic E-state index is 10.8. The van der Waals surface area contributed by atoms with Gasteiger partial charge in [-0.2, -0.15) is 4.98 Å². The third-order valence-corrected chi connectivity index (χ3v) is 3.35. The van der Waals surface area contributed by atoms with Gasteiger partial charge >= 0.3 is 5.97 Å². The smallest absolute Gasteiger partial charge is 0.307 e. The molecular formula is C14H14N2O3. The largest absolute Gasteiger partial charge is 0.481 e. The average Bonchev–Trinajstić information content (AvgIpc) is 3.04. The van der Waals surface area contributed by atoms with E-state index in [9.17, 15) is 4.79 Å². The fourth-order valence-corrected chi connectivity index (χ4v) is 2.24. The number of carboxylic acid groups (broad SMARTS) is 1. The first kappa shape index (κ1) is 11.9. The molecule has 1 heterocycles. The molecule has 1 N–H and O–H groups in total. The lowest BCUT2D eigenvalue weighted by atomic mass is 10.1. The van der Waals surface area contributed by atoms with E-state index in [1.54, 1.807) is 0 Å². The van der Waals surface area contributed by atoms with Gasteiger partial charge in [0.2, 0.25) is 5.89 Å². The van der Waals surface area contributed by atoms with Crippen molar-refractivity contribution in [1.82, 2.24) is 10.1 Å². The van der Waals surface area contributed by atoms with E-state index in [1.807, 2.05) is 25.1 Å². The zero-order valence-electron chi connectivity index (χ0n) is 10.5. The summed E-state index contributed by atoms with van der Waals surface area (Å²) in [5.41, 5.74) is 2.31. The van der Waals surface area contributed by atoms with Gasteiger partial charge in [0, 0.05) is 6.42 Å². The fourth-order valence-electron chi connectivity index (χ4n) is 2.24. The molecule has 1 aromatic carbocycles. The van der Waals surface area contributed by atoms with E-state index in [4.69, 9.17) is 9.63 Å². The molecule has 0 radical (unpaired) electrons. The molecule has 1 aliphatic carbocycles. The molecule has 2 unspecified atom stereocenters. The number of aryl methyl sites for hydroxylation is 1. The Morgan fingerprint density at radius 1 is 1.53 bits per heavy atom. The minimum atomic E-state index is -0.788. The highest BCUT2D eigenvalue weighted by Gasteiger charge is 2.48. The second kappa shape index (κ2) is 4.50. The first-order valence-corrected chi connectivity index (χ1v) is 6.24. The highest BCUT2D eigenvalue weighted by Crippen LogP contribution is 2.46. The third kappa shape index (κ3) is 2.50. The molecule has 0 saturated heterocycles. The van der Waals surface area contributed by atoms with Crippen LogP contribution in [0.15, 0.2) is 28.8 Å². The van der Waals surface area contributed by atoms with Crippen LogP contribution in [-0.4, -0.2) is 21.2 Å². The Kier molecular flexibility index (Phi) is 2.81. The number of rotatable bonds is 4. The van der Waals surface area contributed by atoms with Crippen LogP contribution >= 0.6 is 0 Å². The normalized spacial score (nSPS) is 21.3. The molecular weight excluding hydrogens is 244 g/mol. The zero-order valence-corrected chi connectivity index (χ0v) is 10.5. The molecule has 1 fully saturated rings. The zero-order chi connectivity index (χ0) is 13.4. The summed E-state index contributed by atoms with van der Waals surface area (Å²) in [6, 6.07) is 8.12. The van der Waals surface area contributed by atoms with Crippen LogP contribution in [-0.2, 0) is 11.2 Å². The fraction of sp³-hybridized carbons (Fsp3) is 0.357. The van der Waals surface area contributed by atoms with E-state index in [2.05, 4.69) is 16.2 Å². The third-order valence-electron chi connectivity index (χ3n) is 3.35. The minimum absolute atomic E-state index is 0.101. The first-order valence-electron chi connectivity index (χ1n) is 6.24. The van der Waals surface area contributed by atoms with Crippen LogP contribution < -0.4 is 0 Å². The van der Waals surface area contributed by atoms with Gasteiger partial charge in [-0.25, -0.2) is 0 Å². The van der Waals surface area contributed by atoms with Crippen molar-refractivity contribution in [2.24, 2.45) is 5.92 Å². The summed E-state index contributed by atoms with van der Waals surface area (Å²) < 4.78 is 5.15. The van der Waals surface area contributed by atoms with Crippen molar-refractivity contribution < 1.29 is 14.4 Å². The van der Waals surface area contributed by atoms with Crippen LogP contribution in [0, 0.1) is 12.8 Å².